The molecular formula is C23H26N4O3. The molecule has 7 heteroatoms. The molecule has 1 aromatic heterocycles. The van der Waals surface area contributed by atoms with Gasteiger partial charge < -0.3 is 26.0 Å². The summed E-state index contributed by atoms with van der Waals surface area (Å²) in [4.78, 5) is 8.79. The van der Waals surface area contributed by atoms with Gasteiger partial charge >= 0.3 is 0 Å². The number of nitrogen functional groups attached to an aromatic ring is 1. The fraction of sp³-hybridized carbons (Fsp3) is 0.304. The third kappa shape index (κ3) is 4.53. The molecule has 7 nitrogen and oxygen atoms in total. The summed E-state index contributed by atoms with van der Waals surface area (Å²) >= 11 is 0. The second-order valence-electron chi connectivity index (χ2n) is 7.45. The van der Waals surface area contributed by atoms with Crippen LogP contribution in [0.4, 0.5) is 5.95 Å². The SMILES string of the molecule is Nc1nc(-c2c(O)cccc2OCC(O)c2ccccc2)cc(C2CCNCC2)n1. The molecule has 1 fully saturated rings. The van der Waals surface area contributed by atoms with E-state index in [1.807, 2.05) is 36.4 Å². The Hall–Kier alpha value is -3.16. The highest BCUT2D eigenvalue weighted by molar-refractivity contribution is 5.74. The van der Waals surface area contributed by atoms with Crippen LogP contribution in [0.5, 0.6) is 11.5 Å². The first-order valence-electron chi connectivity index (χ1n) is 10.1. The van der Waals surface area contributed by atoms with Gasteiger partial charge in [0.15, 0.2) is 0 Å². The van der Waals surface area contributed by atoms with E-state index < -0.39 is 6.10 Å². The maximum Gasteiger partial charge on any atom is 0.220 e. The number of nitrogens with zero attached hydrogens (tertiary/aromatic N) is 2. The van der Waals surface area contributed by atoms with Gasteiger partial charge in [0.1, 0.15) is 24.2 Å². The lowest BCUT2D eigenvalue weighted by molar-refractivity contribution is 0.108. The zero-order valence-corrected chi connectivity index (χ0v) is 16.7. The van der Waals surface area contributed by atoms with Gasteiger partial charge in [0.05, 0.1) is 11.3 Å². The van der Waals surface area contributed by atoms with Crippen molar-refractivity contribution in [3.63, 3.8) is 0 Å². The van der Waals surface area contributed by atoms with Gasteiger partial charge in [-0.05, 0) is 49.7 Å². The predicted octanol–water partition coefficient (Wildman–Crippen LogP) is 3.01. The third-order valence-corrected chi connectivity index (χ3v) is 5.36. The molecule has 5 N–H and O–H groups in total. The molecule has 2 heterocycles. The molecule has 4 rings (SSSR count). The topological polar surface area (TPSA) is 114 Å². The normalized spacial score (nSPS) is 15.6. The number of nitrogens with two attached hydrogens (primary N) is 1. The molecule has 1 atom stereocenters. The number of hydrogen-bond donors (Lipinski definition) is 4. The summed E-state index contributed by atoms with van der Waals surface area (Å²) < 4.78 is 5.89. The minimum atomic E-state index is -0.790. The number of rotatable bonds is 6. The van der Waals surface area contributed by atoms with E-state index in [-0.39, 0.29) is 18.3 Å². The summed E-state index contributed by atoms with van der Waals surface area (Å²) in [6, 6.07) is 16.2. The standard InChI is InChI=1S/C23H26N4O3/c24-23-26-17(15-9-11-25-12-10-15)13-18(27-23)22-19(28)7-4-8-21(22)30-14-20(29)16-5-2-1-3-6-16/h1-8,13,15,20,25,28-29H,9-12,14H2,(H2,24,26,27). The molecule has 30 heavy (non-hydrogen) atoms. The number of piperidine rings is 1. The molecule has 0 bridgehead atoms. The summed E-state index contributed by atoms with van der Waals surface area (Å²) in [5.74, 6) is 0.931. The van der Waals surface area contributed by atoms with Crippen molar-refractivity contribution in [1.82, 2.24) is 15.3 Å². The van der Waals surface area contributed by atoms with Crippen molar-refractivity contribution in [2.24, 2.45) is 0 Å². The fourth-order valence-electron chi connectivity index (χ4n) is 3.78. The van der Waals surface area contributed by atoms with Crippen LogP contribution in [-0.2, 0) is 0 Å². The Kier molecular flexibility index (Phi) is 6.11. The van der Waals surface area contributed by atoms with Crippen LogP contribution in [0.25, 0.3) is 11.3 Å². The lowest BCUT2D eigenvalue weighted by Crippen LogP contribution is -2.27. The number of aliphatic hydroxyl groups is 1. The van der Waals surface area contributed by atoms with Gasteiger partial charge in [-0.15, -0.1) is 0 Å². The number of benzene rings is 2. The molecule has 1 aliphatic rings. The van der Waals surface area contributed by atoms with Crippen LogP contribution < -0.4 is 15.8 Å². The van der Waals surface area contributed by atoms with Crippen molar-refractivity contribution in [1.29, 1.82) is 0 Å². The highest BCUT2D eigenvalue weighted by atomic mass is 16.5. The first kappa shape index (κ1) is 20.1. The molecule has 156 valence electrons. The van der Waals surface area contributed by atoms with E-state index in [9.17, 15) is 10.2 Å². The fourth-order valence-corrected chi connectivity index (χ4v) is 3.78. The number of aromatic hydroxyl groups is 1. The van der Waals surface area contributed by atoms with Crippen molar-refractivity contribution < 1.29 is 14.9 Å². The molecule has 1 unspecified atom stereocenters. The molecule has 0 radical (unpaired) electrons. The maximum atomic E-state index is 10.6. The van der Waals surface area contributed by atoms with Gasteiger partial charge in [-0.2, -0.15) is 0 Å². The lowest BCUT2D eigenvalue weighted by Gasteiger charge is -2.23. The van der Waals surface area contributed by atoms with E-state index in [0.717, 1.165) is 37.2 Å². The van der Waals surface area contributed by atoms with E-state index in [2.05, 4.69) is 15.3 Å². The number of aliphatic hydroxyl groups excluding tert-OH is 1. The van der Waals surface area contributed by atoms with Crippen molar-refractivity contribution in [3.8, 4) is 22.8 Å². The number of phenolic OH excluding ortho intramolecular Hbond substituents is 1. The second kappa shape index (κ2) is 9.11. The van der Waals surface area contributed by atoms with E-state index in [1.54, 1.807) is 18.2 Å². The molecule has 1 saturated heterocycles. The summed E-state index contributed by atoms with van der Waals surface area (Å²) in [6.07, 6.45) is 1.16. The number of aromatic nitrogens is 2. The molecule has 0 spiro atoms. The summed E-state index contributed by atoms with van der Waals surface area (Å²) in [5, 5.41) is 24.3. The quantitative estimate of drug-likeness (QED) is 0.498. The maximum absolute atomic E-state index is 10.6. The molecule has 1 aliphatic heterocycles. The van der Waals surface area contributed by atoms with Gasteiger partial charge in [0.25, 0.3) is 0 Å². The lowest BCUT2D eigenvalue weighted by atomic mass is 9.93. The highest BCUT2D eigenvalue weighted by Gasteiger charge is 2.21. The molecular weight excluding hydrogens is 380 g/mol. The zero-order valence-electron chi connectivity index (χ0n) is 16.7. The van der Waals surface area contributed by atoms with E-state index in [4.69, 9.17) is 10.5 Å². The average molecular weight is 406 g/mol. The van der Waals surface area contributed by atoms with Gasteiger partial charge in [-0.1, -0.05) is 36.4 Å². The van der Waals surface area contributed by atoms with Gasteiger partial charge in [0.2, 0.25) is 5.95 Å². The van der Waals surface area contributed by atoms with Crippen molar-refractivity contribution in [2.75, 3.05) is 25.4 Å². The summed E-state index contributed by atoms with van der Waals surface area (Å²) in [6.45, 7) is 1.92. The highest BCUT2D eigenvalue weighted by Crippen LogP contribution is 2.38. The van der Waals surface area contributed by atoms with Crippen molar-refractivity contribution in [3.05, 3.63) is 65.9 Å². The first-order valence-corrected chi connectivity index (χ1v) is 10.1. The minimum absolute atomic E-state index is 0.0380. The number of anilines is 1. The zero-order chi connectivity index (χ0) is 20.9. The van der Waals surface area contributed by atoms with Gasteiger partial charge in [0, 0.05) is 11.6 Å². The van der Waals surface area contributed by atoms with E-state index in [0.29, 0.717) is 22.9 Å². The minimum Gasteiger partial charge on any atom is -0.507 e. The second-order valence-corrected chi connectivity index (χ2v) is 7.45. The summed E-state index contributed by atoms with van der Waals surface area (Å²) in [5.41, 5.74) is 8.60. The molecule has 0 saturated carbocycles. The number of nitrogens with one attached hydrogen (secondary N) is 1. The van der Waals surface area contributed by atoms with E-state index in [1.165, 1.54) is 0 Å². The third-order valence-electron chi connectivity index (χ3n) is 5.36. The first-order chi connectivity index (χ1) is 14.6. The van der Waals surface area contributed by atoms with Crippen molar-refractivity contribution >= 4 is 5.95 Å². The van der Waals surface area contributed by atoms with Gasteiger partial charge in [-0.25, -0.2) is 9.97 Å². The molecule has 0 aliphatic carbocycles. The smallest absolute Gasteiger partial charge is 0.220 e. The van der Waals surface area contributed by atoms with Crippen LogP contribution in [0.15, 0.2) is 54.6 Å². The number of hydrogen-bond acceptors (Lipinski definition) is 7. The van der Waals surface area contributed by atoms with Crippen LogP contribution in [0, 0.1) is 0 Å². The number of phenols is 1. The Morgan fingerprint density at radius 1 is 1.07 bits per heavy atom. The van der Waals surface area contributed by atoms with Crippen LogP contribution >= 0.6 is 0 Å². The van der Waals surface area contributed by atoms with E-state index >= 15 is 0 Å². The molecule has 2 aromatic carbocycles. The number of ether oxygens (including phenoxy) is 1. The Bertz CT molecular complexity index is 991. The Morgan fingerprint density at radius 3 is 2.60 bits per heavy atom. The molecule has 0 amide bonds. The van der Waals surface area contributed by atoms with Crippen LogP contribution in [-0.4, -0.2) is 39.9 Å². The van der Waals surface area contributed by atoms with Crippen LogP contribution in [0.2, 0.25) is 0 Å². The van der Waals surface area contributed by atoms with Gasteiger partial charge in [-0.3, -0.25) is 0 Å². The monoisotopic (exact) mass is 406 g/mol. The largest absolute Gasteiger partial charge is 0.507 e. The molecule has 3 aromatic rings. The van der Waals surface area contributed by atoms with Crippen LogP contribution in [0.1, 0.15) is 36.1 Å². The Labute approximate surface area is 175 Å². The Balaban J connectivity index is 1.62. The average Bonchev–Trinajstić information content (AvgIpc) is 2.78. The van der Waals surface area contributed by atoms with Crippen molar-refractivity contribution in [2.45, 2.75) is 24.9 Å². The van der Waals surface area contributed by atoms with Crippen LogP contribution in [0.3, 0.4) is 0 Å². The Morgan fingerprint density at radius 2 is 1.83 bits per heavy atom. The predicted molar refractivity (Wildman–Crippen MR) is 115 cm³/mol. The summed E-state index contributed by atoms with van der Waals surface area (Å²) in [7, 11) is 0.